The summed E-state index contributed by atoms with van der Waals surface area (Å²) in [5.74, 6) is -0.431. The minimum absolute atomic E-state index is 0.122. The van der Waals surface area contributed by atoms with Crippen LogP contribution < -0.4 is 4.90 Å². The molecule has 0 aromatic heterocycles. The second kappa shape index (κ2) is 8.18. The van der Waals surface area contributed by atoms with E-state index in [9.17, 15) is 18.0 Å². The van der Waals surface area contributed by atoms with Crippen LogP contribution >= 0.6 is 0 Å². The van der Waals surface area contributed by atoms with Crippen molar-refractivity contribution in [3.05, 3.63) is 59.2 Å². The first-order chi connectivity index (χ1) is 14.7. The quantitative estimate of drug-likeness (QED) is 0.680. The number of carbonyl (C=O) groups excluding carboxylic acids is 2. The number of hydrogen-bond donors (Lipinski definition) is 0. The Morgan fingerprint density at radius 3 is 2.00 bits per heavy atom. The maximum Gasteiger partial charge on any atom is 0.251 e. The molecule has 31 heavy (non-hydrogen) atoms. The highest BCUT2D eigenvalue weighted by molar-refractivity contribution is 7.89. The Kier molecular flexibility index (Phi) is 5.72. The van der Waals surface area contributed by atoms with Crippen molar-refractivity contribution >= 4 is 27.5 Å². The minimum atomic E-state index is -3.57. The molecule has 0 N–H and O–H groups in total. The third kappa shape index (κ3) is 3.91. The van der Waals surface area contributed by atoms with E-state index in [4.69, 9.17) is 0 Å². The highest BCUT2D eigenvalue weighted by Crippen LogP contribution is 2.31. The summed E-state index contributed by atoms with van der Waals surface area (Å²) >= 11 is 0. The van der Waals surface area contributed by atoms with Crippen LogP contribution in [-0.4, -0.2) is 61.7 Å². The van der Waals surface area contributed by atoms with Crippen LogP contribution in [0.5, 0.6) is 0 Å². The molecule has 7 nitrogen and oxygen atoms in total. The largest absolute Gasteiger partial charge is 0.289 e. The minimum Gasteiger partial charge on any atom is -0.289 e. The molecule has 0 saturated carbocycles. The molecule has 2 fully saturated rings. The zero-order chi connectivity index (χ0) is 22.3. The zero-order valence-corrected chi connectivity index (χ0v) is 18.9. The van der Waals surface area contributed by atoms with Gasteiger partial charge in [0.25, 0.3) is 5.91 Å². The van der Waals surface area contributed by atoms with Gasteiger partial charge in [0, 0.05) is 26.2 Å². The van der Waals surface area contributed by atoms with Gasteiger partial charge in [-0.05, 0) is 44.0 Å². The summed E-state index contributed by atoms with van der Waals surface area (Å²) in [5, 5.41) is 0. The lowest BCUT2D eigenvalue weighted by molar-refractivity contribution is -0.123. The number of para-hydroxylation sites is 1. The first-order valence-electron chi connectivity index (χ1n) is 10.4. The Morgan fingerprint density at radius 1 is 0.839 bits per heavy atom. The van der Waals surface area contributed by atoms with Crippen molar-refractivity contribution in [3.63, 3.8) is 0 Å². The summed E-state index contributed by atoms with van der Waals surface area (Å²) in [6.07, 6.45) is 0.122. The number of aryl methyl sites for hydroxylation is 3. The van der Waals surface area contributed by atoms with Crippen molar-refractivity contribution in [2.24, 2.45) is 0 Å². The van der Waals surface area contributed by atoms with Gasteiger partial charge in [0.2, 0.25) is 15.9 Å². The summed E-state index contributed by atoms with van der Waals surface area (Å²) in [4.78, 5) is 29.5. The molecular weight excluding hydrogens is 414 g/mol. The molecule has 2 aromatic carbocycles. The van der Waals surface area contributed by atoms with E-state index >= 15 is 0 Å². The second-order valence-corrected chi connectivity index (χ2v) is 10.2. The molecule has 2 saturated heterocycles. The van der Waals surface area contributed by atoms with Crippen LogP contribution in [0.4, 0.5) is 5.69 Å². The summed E-state index contributed by atoms with van der Waals surface area (Å²) in [5.41, 5.74) is 3.44. The van der Waals surface area contributed by atoms with Crippen LogP contribution in [-0.2, 0) is 19.6 Å². The molecule has 1 atom stereocenters. The standard InChI is InChI=1S/C23H27N3O4S/c1-16-7-9-19(10-8-16)31(29,30)25-13-11-24(12-14-25)20-15-21(27)26(23(20)28)22-17(2)5-4-6-18(22)3/h4-10,20H,11-15H2,1-3H3. The summed E-state index contributed by atoms with van der Waals surface area (Å²) in [6.45, 7) is 7.10. The van der Waals surface area contributed by atoms with Gasteiger partial charge >= 0.3 is 0 Å². The molecule has 8 heteroatoms. The average molecular weight is 442 g/mol. The fourth-order valence-corrected chi connectivity index (χ4v) is 5.83. The number of hydrogen-bond acceptors (Lipinski definition) is 5. The number of piperazine rings is 1. The summed E-state index contributed by atoms with van der Waals surface area (Å²) < 4.78 is 27.3. The second-order valence-electron chi connectivity index (χ2n) is 8.28. The van der Waals surface area contributed by atoms with E-state index in [0.717, 1.165) is 16.7 Å². The predicted octanol–water partition coefficient (Wildman–Crippen LogP) is 2.25. The van der Waals surface area contributed by atoms with Crippen molar-refractivity contribution in [3.8, 4) is 0 Å². The van der Waals surface area contributed by atoms with Crippen LogP contribution in [0.15, 0.2) is 47.4 Å². The fraction of sp³-hybridized carbons (Fsp3) is 0.391. The molecule has 1 unspecified atom stereocenters. The van der Waals surface area contributed by atoms with Crippen LogP contribution in [0.25, 0.3) is 0 Å². The lowest BCUT2D eigenvalue weighted by Gasteiger charge is -2.36. The van der Waals surface area contributed by atoms with Crippen LogP contribution in [0.3, 0.4) is 0 Å². The van der Waals surface area contributed by atoms with Crippen LogP contribution in [0.2, 0.25) is 0 Å². The molecular formula is C23H27N3O4S. The van der Waals surface area contributed by atoms with Crippen molar-refractivity contribution in [2.45, 2.75) is 38.1 Å². The monoisotopic (exact) mass is 441 g/mol. The van der Waals surface area contributed by atoms with Crippen molar-refractivity contribution < 1.29 is 18.0 Å². The van der Waals surface area contributed by atoms with Gasteiger partial charge in [-0.1, -0.05) is 35.9 Å². The number of nitrogens with zero attached hydrogens (tertiary/aromatic N) is 3. The normalized spacial score (nSPS) is 21.1. The third-order valence-corrected chi connectivity index (χ3v) is 8.07. The SMILES string of the molecule is Cc1ccc(S(=O)(=O)N2CCN(C3CC(=O)N(c4c(C)cccc4C)C3=O)CC2)cc1. The molecule has 0 bridgehead atoms. The van der Waals surface area contributed by atoms with Crippen molar-refractivity contribution in [1.82, 2.24) is 9.21 Å². The molecule has 2 amide bonds. The van der Waals surface area contributed by atoms with Crippen LogP contribution in [0, 0.1) is 20.8 Å². The lowest BCUT2D eigenvalue weighted by atomic mass is 10.1. The average Bonchev–Trinajstić information content (AvgIpc) is 3.03. The Bertz CT molecular complexity index is 1100. The van der Waals surface area contributed by atoms with Gasteiger partial charge in [-0.25, -0.2) is 13.3 Å². The van der Waals surface area contributed by atoms with E-state index in [1.807, 2.05) is 43.9 Å². The third-order valence-electron chi connectivity index (χ3n) is 6.16. The van der Waals surface area contributed by atoms with Gasteiger partial charge in [-0.15, -0.1) is 0 Å². The summed E-state index contributed by atoms with van der Waals surface area (Å²) in [7, 11) is -3.57. The number of anilines is 1. The molecule has 2 heterocycles. The first kappa shape index (κ1) is 21.7. The Labute approximate surface area is 183 Å². The molecule has 0 spiro atoms. The van der Waals surface area contributed by atoms with Gasteiger partial charge < -0.3 is 0 Å². The molecule has 0 radical (unpaired) electrons. The fourth-order valence-electron chi connectivity index (χ4n) is 4.41. The number of imide groups is 1. The molecule has 2 aliphatic rings. The van der Waals surface area contributed by atoms with E-state index in [0.29, 0.717) is 18.8 Å². The van der Waals surface area contributed by atoms with E-state index in [-0.39, 0.29) is 36.2 Å². The van der Waals surface area contributed by atoms with Crippen molar-refractivity contribution in [1.29, 1.82) is 0 Å². The smallest absolute Gasteiger partial charge is 0.251 e. The molecule has 164 valence electrons. The van der Waals surface area contributed by atoms with Gasteiger partial charge in [0.15, 0.2) is 0 Å². The highest BCUT2D eigenvalue weighted by atomic mass is 32.2. The lowest BCUT2D eigenvalue weighted by Crippen LogP contribution is -2.53. The number of rotatable bonds is 4. The number of carbonyl (C=O) groups is 2. The van der Waals surface area contributed by atoms with E-state index in [1.165, 1.54) is 9.21 Å². The summed E-state index contributed by atoms with van der Waals surface area (Å²) in [6, 6.07) is 12.0. The molecule has 4 rings (SSSR count). The zero-order valence-electron chi connectivity index (χ0n) is 18.0. The van der Waals surface area contributed by atoms with Crippen molar-refractivity contribution in [2.75, 3.05) is 31.1 Å². The first-order valence-corrected chi connectivity index (χ1v) is 11.9. The van der Waals surface area contributed by atoms with E-state index in [1.54, 1.807) is 24.3 Å². The Hall–Kier alpha value is -2.55. The van der Waals surface area contributed by atoms with Gasteiger partial charge in [-0.3, -0.25) is 14.5 Å². The van der Waals surface area contributed by atoms with Gasteiger partial charge in [0.05, 0.1) is 23.0 Å². The van der Waals surface area contributed by atoms with Gasteiger partial charge in [-0.2, -0.15) is 4.31 Å². The topological polar surface area (TPSA) is 78.0 Å². The molecule has 0 aliphatic carbocycles. The molecule has 2 aliphatic heterocycles. The number of sulfonamides is 1. The number of benzene rings is 2. The van der Waals surface area contributed by atoms with E-state index < -0.39 is 16.1 Å². The predicted molar refractivity (Wildman–Crippen MR) is 118 cm³/mol. The Morgan fingerprint density at radius 2 is 1.42 bits per heavy atom. The number of amides is 2. The van der Waals surface area contributed by atoms with Gasteiger partial charge in [0.1, 0.15) is 0 Å². The highest BCUT2D eigenvalue weighted by Gasteiger charge is 2.44. The van der Waals surface area contributed by atoms with Crippen LogP contribution in [0.1, 0.15) is 23.1 Å². The maximum absolute atomic E-state index is 13.2. The Balaban J connectivity index is 1.48. The molecule has 2 aromatic rings. The maximum atomic E-state index is 13.2. The van der Waals surface area contributed by atoms with E-state index in [2.05, 4.69) is 0 Å².